The van der Waals surface area contributed by atoms with E-state index in [2.05, 4.69) is 5.10 Å². The molecule has 0 aliphatic rings. The highest BCUT2D eigenvalue weighted by Gasteiger charge is 2.18. The first kappa shape index (κ1) is 13.6. The zero-order chi connectivity index (χ0) is 14.9. The number of carboxylic acids is 1. The summed E-state index contributed by atoms with van der Waals surface area (Å²) in [7, 11) is 3.27. The Morgan fingerprint density at radius 2 is 2.05 bits per heavy atom. The molecule has 7 heteroatoms. The highest BCUT2D eigenvalue weighted by atomic mass is 16.4. The molecule has 0 aliphatic heterocycles. The van der Waals surface area contributed by atoms with Gasteiger partial charge in [0.25, 0.3) is 5.91 Å². The van der Waals surface area contributed by atoms with Crippen molar-refractivity contribution in [2.45, 2.75) is 0 Å². The summed E-state index contributed by atoms with van der Waals surface area (Å²) in [6.07, 6.45) is 1.66. The van der Waals surface area contributed by atoms with Gasteiger partial charge in [0.05, 0.1) is 16.9 Å². The number of hydrogen-bond acceptors (Lipinski definition) is 4. The van der Waals surface area contributed by atoms with E-state index in [0.29, 0.717) is 5.69 Å². The van der Waals surface area contributed by atoms with Crippen LogP contribution in [0, 0.1) is 0 Å². The normalized spacial score (nSPS) is 10.3. The van der Waals surface area contributed by atoms with Crippen LogP contribution < -0.4 is 10.6 Å². The Morgan fingerprint density at radius 1 is 1.35 bits per heavy atom. The van der Waals surface area contributed by atoms with Crippen LogP contribution in [0.4, 0.5) is 11.4 Å². The van der Waals surface area contributed by atoms with E-state index < -0.39 is 5.97 Å². The molecule has 0 spiro atoms. The van der Waals surface area contributed by atoms with Crippen molar-refractivity contribution in [3.05, 3.63) is 41.7 Å². The molecule has 0 unspecified atom stereocenters. The Bertz CT molecular complexity index is 678. The molecule has 1 amide bonds. The van der Waals surface area contributed by atoms with Crippen LogP contribution in [0.25, 0.3) is 0 Å². The van der Waals surface area contributed by atoms with Crippen molar-refractivity contribution in [1.29, 1.82) is 0 Å². The zero-order valence-corrected chi connectivity index (χ0v) is 11.1. The Hall–Kier alpha value is -2.83. The molecule has 1 heterocycles. The molecule has 0 bridgehead atoms. The van der Waals surface area contributed by atoms with Crippen molar-refractivity contribution >= 4 is 23.3 Å². The molecule has 2 rings (SSSR count). The molecule has 0 atom stereocenters. The van der Waals surface area contributed by atoms with Crippen molar-refractivity contribution in [3.63, 3.8) is 0 Å². The number of hydrogen-bond donors (Lipinski definition) is 2. The lowest BCUT2D eigenvalue weighted by molar-refractivity contribution is 0.0697. The van der Waals surface area contributed by atoms with E-state index in [4.69, 9.17) is 10.8 Å². The fraction of sp³-hybridized carbons (Fsp3) is 0.154. The SMILES string of the molecule is CN(C(=O)c1ccn(C)n1)c1ccc(C(=O)O)cc1N. The van der Waals surface area contributed by atoms with Gasteiger partial charge in [0.15, 0.2) is 5.69 Å². The number of carbonyl (C=O) groups excluding carboxylic acids is 1. The maximum absolute atomic E-state index is 12.2. The van der Waals surface area contributed by atoms with E-state index in [0.717, 1.165) is 0 Å². The van der Waals surface area contributed by atoms with Gasteiger partial charge in [0.2, 0.25) is 0 Å². The van der Waals surface area contributed by atoms with Gasteiger partial charge >= 0.3 is 5.97 Å². The number of aromatic carboxylic acids is 1. The maximum Gasteiger partial charge on any atom is 0.335 e. The van der Waals surface area contributed by atoms with Crippen LogP contribution in [0.2, 0.25) is 0 Å². The van der Waals surface area contributed by atoms with Crippen LogP contribution >= 0.6 is 0 Å². The molecule has 1 aromatic carbocycles. The minimum Gasteiger partial charge on any atom is -0.478 e. The van der Waals surface area contributed by atoms with Gasteiger partial charge in [-0.2, -0.15) is 5.10 Å². The number of anilines is 2. The molecule has 0 saturated carbocycles. The number of nitrogens with zero attached hydrogens (tertiary/aromatic N) is 3. The average molecular weight is 274 g/mol. The molecule has 2 aromatic rings. The Kier molecular flexibility index (Phi) is 3.43. The van der Waals surface area contributed by atoms with E-state index in [-0.39, 0.29) is 22.9 Å². The van der Waals surface area contributed by atoms with Gasteiger partial charge in [-0.05, 0) is 24.3 Å². The van der Waals surface area contributed by atoms with Crippen LogP contribution in [-0.2, 0) is 7.05 Å². The van der Waals surface area contributed by atoms with Crippen LogP contribution in [0.15, 0.2) is 30.5 Å². The number of rotatable bonds is 3. The number of benzene rings is 1. The largest absolute Gasteiger partial charge is 0.478 e. The average Bonchev–Trinajstić information content (AvgIpc) is 2.83. The Labute approximate surface area is 115 Å². The summed E-state index contributed by atoms with van der Waals surface area (Å²) < 4.78 is 1.53. The summed E-state index contributed by atoms with van der Waals surface area (Å²) in [5.74, 6) is -1.39. The lowest BCUT2D eigenvalue weighted by Crippen LogP contribution is -2.27. The summed E-state index contributed by atoms with van der Waals surface area (Å²) in [5.41, 5.74) is 6.82. The van der Waals surface area contributed by atoms with Crippen molar-refractivity contribution in [3.8, 4) is 0 Å². The minimum atomic E-state index is -1.07. The lowest BCUT2D eigenvalue weighted by Gasteiger charge is -2.18. The van der Waals surface area contributed by atoms with Crippen molar-refractivity contribution < 1.29 is 14.7 Å². The lowest BCUT2D eigenvalue weighted by atomic mass is 10.1. The molecular formula is C13H14N4O3. The summed E-state index contributed by atoms with van der Waals surface area (Å²) in [6.45, 7) is 0. The quantitative estimate of drug-likeness (QED) is 0.812. The highest BCUT2D eigenvalue weighted by molar-refractivity contribution is 6.06. The van der Waals surface area contributed by atoms with Gasteiger partial charge < -0.3 is 15.7 Å². The standard InChI is InChI=1S/C13H14N4O3/c1-16-6-5-10(15-16)12(18)17(2)11-4-3-8(13(19)20)7-9(11)14/h3-7H,14H2,1-2H3,(H,19,20). The molecule has 104 valence electrons. The number of aryl methyl sites for hydroxylation is 1. The molecule has 20 heavy (non-hydrogen) atoms. The van der Waals surface area contributed by atoms with E-state index in [1.54, 1.807) is 26.4 Å². The number of amides is 1. The summed E-state index contributed by atoms with van der Waals surface area (Å²) in [4.78, 5) is 24.4. The van der Waals surface area contributed by atoms with E-state index in [1.165, 1.54) is 27.8 Å². The summed E-state index contributed by atoms with van der Waals surface area (Å²) in [6, 6.07) is 5.82. The number of nitrogens with two attached hydrogens (primary N) is 1. The van der Waals surface area contributed by atoms with Gasteiger partial charge in [-0.3, -0.25) is 9.48 Å². The maximum atomic E-state index is 12.2. The van der Waals surface area contributed by atoms with E-state index in [9.17, 15) is 9.59 Å². The fourth-order valence-electron chi connectivity index (χ4n) is 1.80. The summed E-state index contributed by atoms with van der Waals surface area (Å²) in [5, 5.41) is 12.9. The van der Waals surface area contributed by atoms with Gasteiger partial charge in [-0.25, -0.2) is 4.79 Å². The second-order valence-corrected chi connectivity index (χ2v) is 4.32. The monoisotopic (exact) mass is 274 g/mol. The smallest absolute Gasteiger partial charge is 0.335 e. The second-order valence-electron chi connectivity index (χ2n) is 4.32. The summed E-state index contributed by atoms with van der Waals surface area (Å²) >= 11 is 0. The molecule has 7 nitrogen and oxygen atoms in total. The first-order valence-electron chi connectivity index (χ1n) is 5.80. The molecule has 0 fully saturated rings. The topological polar surface area (TPSA) is 101 Å². The van der Waals surface area contributed by atoms with Crippen LogP contribution in [0.1, 0.15) is 20.8 Å². The predicted molar refractivity (Wildman–Crippen MR) is 73.8 cm³/mol. The van der Waals surface area contributed by atoms with E-state index in [1.807, 2.05) is 0 Å². The third-order valence-electron chi connectivity index (χ3n) is 2.87. The first-order valence-corrected chi connectivity index (χ1v) is 5.80. The predicted octanol–water partition coefficient (Wildman–Crippen LogP) is 0.977. The Morgan fingerprint density at radius 3 is 2.55 bits per heavy atom. The zero-order valence-electron chi connectivity index (χ0n) is 11.1. The van der Waals surface area contributed by atoms with Gasteiger partial charge in [0, 0.05) is 20.3 Å². The van der Waals surface area contributed by atoms with E-state index >= 15 is 0 Å². The van der Waals surface area contributed by atoms with Crippen molar-refractivity contribution in [1.82, 2.24) is 9.78 Å². The van der Waals surface area contributed by atoms with Crippen LogP contribution in [0.3, 0.4) is 0 Å². The molecule has 3 N–H and O–H groups in total. The number of carbonyl (C=O) groups is 2. The molecule has 1 aromatic heterocycles. The van der Waals surface area contributed by atoms with Gasteiger partial charge in [-0.15, -0.1) is 0 Å². The minimum absolute atomic E-state index is 0.0740. The first-order chi connectivity index (χ1) is 9.40. The fourth-order valence-corrected chi connectivity index (χ4v) is 1.80. The third-order valence-corrected chi connectivity index (χ3v) is 2.87. The molecule has 0 aliphatic carbocycles. The number of nitrogen functional groups attached to an aromatic ring is 1. The molecular weight excluding hydrogens is 260 g/mol. The number of aromatic nitrogens is 2. The molecule has 0 saturated heterocycles. The van der Waals surface area contributed by atoms with Crippen LogP contribution in [-0.4, -0.2) is 33.8 Å². The molecule has 0 radical (unpaired) electrons. The highest BCUT2D eigenvalue weighted by Crippen LogP contribution is 2.24. The third kappa shape index (κ3) is 2.46. The van der Waals surface area contributed by atoms with Crippen molar-refractivity contribution in [2.75, 3.05) is 17.7 Å². The number of carboxylic acid groups (broad SMARTS) is 1. The van der Waals surface area contributed by atoms with Crippen molar-refractivity contribution in [2.24, 2.45) is 7.05 Å². The van der Waals surface area contributed by atoms with Gasteiger partial charge in [-0.1, -0.05) is 0 Å². The second kappa shape index (κ2) is 5.04. The van der Waals surface area contributed by atoms with Gasteiger partial charge in [0.1, 0.15) is 0 Å². The van der Waals surface area contributed by atoms with Crippen LogP contribution in [0.5, 0.6) is 0 Å². The Balaban J connectivity index is 2.31.